The van der Waals surface area contributed by atoms with Gasteiger partial charge in [0.25, 0.3) is 0 Å². The molecule has 0 saturated heterocycles. The van der Waals surface area contributed by atoms with E-state index >= 15 is 0 Å². The predicted molar refractivity (Wildman–Crippen MR) is 164 cm³/mol. The fourth-order valence-corrected chi connectivity index (χ4v) is 7.00. The minimum absolute atomic E-state index is 0. The maximum Gasteiger partial charge on any atom is 0.155 e. The Balaban J connectivity index is 0.000000492. The summed E-state index contributed by atoms with van der Waals surface area (Å²) in [5.41, 5.74) is 6.79. The van der Waals surface area contributed by atoms with E-state index in [-0.39, 0.29) is 31.6 Å². The Bertz CT molecular complexity index is 1520. The van der Waals surface area contributed by atoms with Crippen molar-refractivity contribution in [2.24, 2.45) is 10.8 Å². The van der Waals surface area contributed by atoms with Gasteiger partial charge in [0.05, 0.1) is 5.76 Å². The number of aliphatic hydroxyl groups excluding tert-OH is 1. The van der Waals surface area contributed by atoms with E-state index in [9.17, 15) is 4.79 Å². The summed E-state index contributed by atoms with van der Waals surface area (Å²) in [7, 11) is 0. The molecule has 0 atom stereocenters. The standard InChI is InChI=1S/C31H34N.C5H8O2.Ir/c1-20-14-21(2)16-22(15-20)29-28-11-10-26-24(8-7-9-25(26)27(28)12-13-32-29)23-17-30(3,4)19-31(5,6)18-23;1-4(6)3-5(2)7;/h7-15,23H,17-19H2,1-6H3;3,6H,1-2H3;/q-1;;/b;4-3-;. The van der Waals surface area contributed by atoms with Gasteiger partial charge in [0, 0.05) is 32.4 Å². The molecule has 0 bridgehead atoms. The fraction of sp³-hybridized carbons (Fsp3) is 0.389. The number of aryl methyl sites for hydroxylation is 2. The Labute approximate surface area is 253 Å². The Morgan fingerprint density at radius 2 is 1.55 bits per heavy atom. The number of hydrogen-bond donors (Lipinski definition) is 1. The van der Waals surface area contributed by atoms with Crippen LogP contribution in [0.3, 0.4) is 0 Å². The van der Waals surface area contributed by atoms with Crippen LogP contribution in [0, 0.1) is 30.7 Å². The summed E-state index contributed by atoms with van der Waals surface area (Å²) in [6.45, 7) is 16.9. The van der Waals surface area contributed by atoms with Gasteiger partial charge in [-0.3, -0.25) is 4.79 Å². The van der Waals surface area contributed by atoms with Gasteiger partial charge in [0.15, 0.2) is 5.78 Å². The molecule has 4 heteroatoms. The molecule has 0 unspecified atom stereocenters. The molecular weight excluding hydrogens is 671 g/mol. The number of fused-ring (bicyclic) bond motifs is 3. The van der Waals surface area contributed by atoms with Gasteiger partial charge in [0.1, 0.15) is 0 Å². The number of ketones is 1. The Morgan fingerprint density at radius 1 is 0.925 bits per heavy atom. The summed E-state index contributed by atoms with van der Waals surface area (Å²) in [6, 6.07) is 21.6. The molecule has 1 heterocycles. The summed E-state index contributed by atoms with van der Waals surface area (Å²) >= 11 is 0. The van der Waals surface area contributed by atoms with E-state index in [2.05, 4.69) is 96.1 Å². The fourth-order valence-electron chi connectivity index (χ4n) is 7.00. The quantitative estimate of drug-likeness (QED) is 0.0996. The van der Waals surface area contributed by atoms with Crippen LogP contribution in [0.5, 0.6) is 0 Å². The Kier molecular flexibility index (Phi) is 9.81. The van der Waals surface area contributed by atoms with E-state index in [0.29, 0.717) is 16.7 Å². The van der Waals surface area contributed by atoms with Crippen molar-refractivity contribution in [1.82, 2.24) is 4.98 Å². The molecule has 3 aromatic carbocycles. The van der Waals surface area contributed by atoms with Crippen LogP contribution < -0.4 is 0 Å². The molecule has 1 saturated carbocycles. The zero-order valence-electron chi connectivity index (χ0n) is 25.1. The number of nitrogens with zero attached hydrogens (tertiary/aromatic N) is 1. The van der Waals surface area contributed by atoms with Crippen molar-refractivity contribution in [2.75, 3.05) is 0 Å². The van der Waals surface area contributed by atoms with Gasteiger partial charge in [-0.1, -0.05) is 71.9 Å². The molecule has 4 aromatic rings. The van der Waals surface area contributed by atoms with Gasteiger partial charge < -0.3 is 10.1 Å². The number of pyridine rings is 1. The van der Waals surface area contributed by atoms with E-state index in [0.717, 1.165) is 16.8 Å². The first-order chi connectivity index (χ1) is 18.2. The molecule has 1 aliphatic rings. The number of aromatic nitrogens is 1. The van der Waals surface area contributed by atoms with Crippen molar-refractivity contribution >= 4 is 27.3 Å². The second-order valence-corrected chi connectivity index (χ2v) is 13.0. The monoisotopic (exact) mass is 713 g/mol. The van der Waals surface area contributed by atoms with Crippen LogP contribution in [0.4, 0.5) is 0 Å². The summed E-state index contributed by atoms with van der Waals surface area (Å²) in [5, 5.41) is 13.6. The van der Waals surface area contributed by atoms with Crippen LogP contribution in [-0.4, -0.2) is 15.9 Å². The number of allylic oxidation sites excluding steroid dienone is 2. The number of carbonyl (C=O) groups is 1. The molecule has 1 radical (unpaired) electrons. The smallest absolute Gasteiger partial charge is 0.155 e. The number of hydrogen-bond acceptors (Lipinski definition) is 3. The average molecular weight is 713 g/mol. The molecule has 213 valence electrons. The van der Waals surface area contributed by atoms with Crippen molar-refractivity contribution in [2.45, 2.75) is 80.6 Å². The molecule has 1 fully saturated rings. The Hall–Kier alpha value is -2.81. The molecule has 3 nitrogen and oxygen atoms in total. The molecule has 1 N–H and O–H groups in total. The van der Waals surface area contributed by atoms with Crippen LogP contribution in [0.25, 0.3) is 32.8 Å². The maximum absolute atomic E-state index is 10.0. The summed E-state index contributed by atoms with van der Waals surface area (Å²) in [5.74, 6) is 0.538. The zero-order valence-corrected chi connectivity index (χ0v) is 27.5. The van der Waals surface area contributed by atoms with Gasteiger partial charge in [-0.25, -0.2) is 0 Å². The maximum atomic E-state index is 10.0. The van der Waals surface area contributed by atoms with Gasteiger partial charge in [-0.15, -0.1) is 34.9 Å². The van der Waals surface area contributed by atoms with Crippen LogP contribution in [0.15, 0.2) is 66.6 Å². The van der Waals surface area contributed by atoms with Crippen LogP contribution in [0.2, 0.25) is 0 Å². The third-order valence-corrected chi connectivity index (χ3v) is 7.65. The molecule has 0 amide bonds. The van der Waals surface area contributed by atoms with Crippen molar-refractivity contribution in [1.29, 1.82) is 0 Å². The summed E-state index contributed by atoms with van der Waals surface area (Å²) in [4.78, 5) is 14.8. The molecule has 0 spiro atoms. The van der Waals surface area contributed by atoms with E-state index in [1.54, 1.807) is 0 Å². The minimum atomic E-state index is -0.125. The number of benzene rings is 3. The van der Waals surface area contributed by atoms with E-state index in [4.69, 9.17) is 10.1 Å². The largest absolute Gasteiger partial charge is 0.512 e. The first kappa shape index (κ1) is 31.7. The second kappa shape index (κ2) is 12.4. The van der Waals surface area contributed by atoms with Crippen molar-refractivity contribution in [3.05, 3.63) is 89.3 Å². The second-order valence-electron chi connectivity index (χ2n) is 13.0. The van der Waals surface area contributed by atoms with Gasteiger partial charge >= 0.3 is 0 Å². The van der Waals surface area contributed by atoms with Crippen LogP contribution in [-0.2, 0) is 24.9 Å². The molecule has 5 rings (SSSR count). The summed E-state index contributed by atoms with van der Waals surface area (Å²) in [6.07, 6.45) is 6.94. The van der Waals surface area contributed by atoms with Gasteiger partial charge in [0.2, 0.25) is 0 Å². The van der Waals surface area contributed by atoms with Gasteiger partial charge in [-0.2, -0.15) is 0 Å². The molecular formula is C36H42IrNO2-. The van der Waals surface area contributed by atoms with Gasteiger partial charge in [-0.05, 0) is 88.7 Å². The van der Waals surface area contributed by atoms with Crippen molar-refractivity contribution in [3.8, 4) is 11.3 Å². The first-order valence-corrected chi connectivity index (χ1v) is 13.9. The van der Waals surface area contributed by atoms with Crippen LogP contribution >= 0.6 is 0 Å². The third kappa shape index (κ3) is 7.47. The SMILES string of the molecule is CC(=O)/C=C(/C)O.Cc1[c-]c(-c2nccc3c2ccc2c(C4CC(C)(C)CC(C)(C)C4)cccc23)cc(C)c1.[Ir]. The number of rotatable bonds is 3. The number of carbonyl (C=O) groups excluding carboxylic acids is 1. The first-order valence-electron chi connectivity index (χ1n) is 13.9. The van der Waals surface area contributed by atoms with E-state index < -0.39 is 0 Å². The summed E-state index contributed by atoms with van der Waals surface area (Å²) < 4.78 is 0. The minimum Gasteiger partial charge on any atom is -0.512 e. The van der Waals surface area contributed by atoms with Crippen molar-refractivity contribution < 1.29 is 30.0 Å². The topological polar surface area (TPSA) is 50.2 Å². The van der Waals surface area contributed by atoms with E-state index in [1.165, 1.54) is 71.9 Å². The molecule has 40 heavy (non-hydrogen) atoms. The molecule has 0 aliphatic heterocycles. The predicted octanol–water partition coefficient (Wildman–Crippen LogP) is 9.83. The van der Waals surface area contributed by atoms with Crippen molar-refractivity contribution in [3.63, 3.8) is 0 Å². The Morgan fingerprint density at radius 3 is 2.12 bits per heavy atom. The normalized spacial score (nSPS) is 16.6. The zero-order chi connectivity index (χ0) is 28.5. The average Bonchev–Trinajstić information content (AvgIpc) is 2.80. The number of aliphatic hydroxyl groups is 1. The molecule has 1 aromatic heterocycles. The third-order valence-electron chi connectivity index (χ3n) is 7.65. The van der Waals surface area contributed by atoms with E-state index in [1.807, 2.05) is 6.20 Å². The molecule has 1 aliphatic carbocycles. The van der Waals surface area contributed by atoms with Crippen LogP contribution in [0.1, 0.15) is 83.4 Å².